The third kappa shape index (κ3) is 3.92. The first-order chi connectivity index (χ1) is 10.9. The van der Waals surface area contributed by atoms with Crippen molar-refractivity contribution in [1.29, 1.82) is 0 Å². The molecule has 0 saturated heterocycles. The van der Waals surface area contributed by atoms with E-state index < -0.39 is 0 Å². The number of aromatic amines is 1. The molecule has 124 valence electrons. The minimum atomic E-state index is -0.224. The van der Waals surface area contributed by atoms with Gasteiger partial charge in [-0.05, 0) is 51.8 Å². The van der Waals surface area contributed by atoms with Gasteiger partial charge in [-0.15, -0.1) is 0 Å². The molecule has 2 aromatic rings. The minimum Gasteiger partial charge on any atom is -0.494 e. The molecule has 1 unspecified atom stereocenters. The van der Waals surface area contributed by atoms with E-state index in [9.17, 15) is 4.79 Å². The Labute approximate surface area is 137 Å². The van der Waals surface area contributed by atoms with Crippen LogP contribution in [0.5, 0.6) is 5.75 Å². The lowest BCUT2D eigenvalue weighted by atomic mass is 9.98. The first-order valence-corrected chi connectivity index (χ1v) is 7.95. The summed E-state index contributed by atoms with van der Waals surface area (Å²) in [6, 6.07) is 5.98. The lowest BCUT2D eigenvalue weighted by Crippen LogP contribution is -2.28. The largest absolute Gasteiger partial charge is 0.494 e. The molecule has 5 nitrogen and oxygen atoms in total. The molecule has 1 atom stereocenters. The highest BCUT2D eigenvalue weighted by molar-refractivity contribution is 5.83. The zero-order valence-corrected chi connectivity index (χ0v) is 14.5. The van der Waals surface area contributed by atoms with Crippen LogP contribution in [0, 0.1) is 20.8 Å². The molecule has 0 aliphatic rings. The fourth-order valence-electron chi connectivity index (χ4n) is 2.81. The van der Waals surface area contributed by atoms with Crippen LogP contribution in [0.15, 0.2) is 18.2 Å². The van der Waals surface area contributed by atoms with E-state index in [2.05, 4.69) is 15.5 Å². The van der Waals surface area contributed by atoms with Crippen LogP contribution in [-0.4, -0.2) is 22.7 Å². The van der Waals surface area contributed by atoms with Crippen molar-refractivity contribution in [3.05, 3.63) is 46.3 Å². The quantitative estimate of drug-likeness (QED) is 0.860. The second kappa shape index (κ2) is 7.31. The number of carbonyl (C=O) groups excluding carboxylic acids is 1. The molecular formula is C18H25N3O2. The van der Waals surface area contributed by atoms with Crippen LogP contribution in [0.1, 0.15) is 47.8 Å². The fourth-order valence-corrected chi connectivity index (χ4v) is 2.81. The van der Waals surface area contributed by atoms with Gasteiger partial charge in [0.2, 0.25) is 5.91 Å². The van der Waals surface area contributed by atoms with Crippen molar-refractivity contribution >= 4 is 5.91 Å². The third-order valence-electron chi connectivity index (χ3n) is 4.02. The van der Waals surface area contributed by atoms with E-state index in [-0.39, 0.29) is 11.8 Å². The Hall–Kier alpha value is -2.30. The van der Waals surface area contributed by atoms with Crippen molar-refractivity contribution in [2.75, 3.05) is 6.61 Å². The number of ether oxygens (including phenoxy) is 1. The second-order valence-corrected chi connectivity index (χ2v) is 5.82. The Morgan fingerprint density at radius 3 is 2.65 bits per heavy atom. The fraction of sp³-hybridized carbons (Fsp3) is 0.444. The molecular weight excluding hydrogens is 290 g/mol. The van der Waals surface area contributed by atoms with Crippen molar-refractivity contribution in [2.45, 2.75) is 47.1 Å². The summed E-state index contributed by atoms with van der Waals surface area (Å²) in [5, 5.41) is 10.1. The zero-order valence-electron chi connectivity index (χ0n) is 14.5. The maximum atomic E-state index is 12.4. The maximum Gasteiger partial charge on any atom is 0.227 e. The van der Waals surface area contributed by atoms with E-state index in [4.69, 9.17) is 4.74 Å². The second-order valence-electron chi connectivity index (χ2n) is 5.82. The number of benzene rings is 1. The van der Waals surface area contributed by atoms with Crippen LogP contribution in [0.3, 0.4) is 0 Å². The van der Waals surface area contributed by atoms with E-state index in [1.807, 2.05) is 52.8 Å². The molecule has 1 heterocycles. The normalized spacial score (nSPS) is 12.0. The van der Waals surface area contributed by atoms with Gasteiger partial charge in [0.05, 0.1) is 18.2 Å². The molecule has 2 rings (SSSR count). The summed E-state index contributed by atoms with van der Waals surface area (Å²) in [6.45, 7) is 10.9. The smallest absolute Gasteiger partial charge is 0.227 e. The monoisotopic (exact) mass is 315 g/mol. The van der Waals surface area contributed by atoms with Gasteiger partial charge in [0.15, 0.2) is 0 Å². The van der Waals surface area contributed by atoms with Gasteiger partial charge in [-0.2, -0.15) is 5.10 Å². The number of aryl methyl sites for hydroxylation is 3. The molecule has 0 aliphatic heterocycles. The Morgan fingerprint density at radius 2 is 2.09 bits per heavy atom. The third-order valence-corrected chi connectivity index (χ3v) is 4.02. The predicted molar refractivity (Wildman–Crippen MR) is 90.7 cm³/mol. The first kappa shape index (κ1) is 17.1. The molecule has 1 amide bonds. The number of rotatable bonds is 6. The van der Waals surface area contributed by atoms with Gasteiger partial charge in [-0.25, -0.2) is 0 Å². The summed E-state index contributed by atoms with van der Waals surface area (Å²) in [5.74, 6) is 0.669. The molecule has 0 fully saturated rings. The number of aromatic nitrogens is 2. The molecule has 0 bridgehead atoms. The van der Waals surface area contributed by atoms with Crippen LogP contribution in [0.4, 0.5) is 0 Å². The van der Waals surface area contributed by atoms with Gasteiger partial charge in [0, 0.05) is 17.8 Å². The Kier molecular flexibility index (Phi) is 5.42. The van der Waals surface area contributed by atoms with Gasteiger partial charge in [0.25, 0.3) is 0 Å². The van der Waals surface area contributed by atoms with E-state index >= 15 is 0 Å². The molecule has 0 spiro atoms. The molecule has 0 aliphatic carbocycles. The highest BCUT2D eigenvalue weighted by Gasteiger charge is 2.21. The SMILES string of the molecule is CCOc1ccc(CNC(=O)C(C)c2c(C)n[nH]c2C)cc1C. The van der Waals surface area contributed by atoms with Gasteiger partial charge in [0.1, 0.15) is 5.75 Å². The molecule has 1 aromatic heterocycles. The highest BCUT2D eigenvalue weighted by atomic mass is 16.5. The lowest BCUT2D eigenvalue weighted by Gasteiger charge is -2.14. The number of hydrogen-bond acceptors (Lipinski definition) is 3. The van der Waals surface area contributed by atoms with Crippen LogP contribution < -0.4 is 10.1 Å². The predicted octanol–water partition coefficient (Wildman–Crippen LogP) is 3.15. The Bertz CT molecular complexity index is 672. The van der Waals surface area contributed by atoms with Gasteiger partial charge in [-0.3, -0.25) is 9.89 Å². The summed E-state index contributed by atoms with van der Waals surface area (Å²) in [4.78, 5) is 12.4. The number of hydrogen-bond donors (Lipinski definition) is 2. The van der Waals surface area contributed by atoms with Crippen molar-refractivity contribution in [3.63, 3.8) is 0 Å². The minimum absolute atomic E-state index is 0.00383. The van der Waals surface area contributed by atoms with Gasteiger partial charge in [-0.1, -0.05) is 12.1 Å². The molecule has 2 N–H and O–H groups in total. The average Bonchev–Trinajstić information content (AvgIpc) is 2.85. The molecule has 1 aromatic carbocycles. The van der Waals surface area contributed by atoms with Crippen molar-refractivity contribution < 1.29 is 9.53 Å². The summed E-state index contributed by atoms with van der Waals surface area (Å²) < 4.78 is 5.53. The van der Waals surface area contributed by atoms with Crippen molar-refractivity contribution in [3.8, 4) is 5.75 Å². The zero-order chi connectivity index (χ0) is 17.0. The summed E-state index contributed by atoms with van der Waals surface area (Å²) in [6.07, 6.45) is 0. The molecule has 0 saturated carbocycles. The summed E-state index contributed by atoms with van der Waals surface area (Å²) in [5.41, 5.74) is 4.94. The van der Waals surface area contributed by atoms with Crippen LogP contribution in [0.2, 0.25) is 0 Å². The number of carbonyl (C=O) groups is 1. The number of nitrogens with one attached hydrogen (secondary N) is 2. The molecule has 5 heteroatoms. The van der Waals surface area contributed by atoms with E-state index in [0.717, 1.165) is 33.8 Å². The number of H-pyrrole nitrogens is 1. The van der Waals surface area contributed by atoms with Crippen molar-refractivity contribution in [1.82, 2.24) is 15.5 Å². The Balaban J connectivity index is 2.00. The van der Waals surface area contributed by atoms with E-state index in [1.54, 1.807) is 0 Å². The Morgan fingerprint density at radius 1 is 1.35 bits per heavy atom. The van der Waals surface area contributed by atoms with Crippen LogP contribution in [0.25, 0.3) is 0 Å². The average molecular weight is 315 g/mol. The van der Waals surface area contributed by atoms with E-state index in [1.165, 1.54) is 0 Å². The van der Waals surface area contributed by atoms with Crippen LogP contribution >= 0.6 is 0 Å². The van der Waals surface area contributed by atoms with Crippen LogP contribution in [-0.2, 0) is 11.3 Å². The van der Waals surface area contributed by atoms with Crippen molar-refractivity contribution in [2.24, 2.45) is 0 Å². The molecule has 0 radical (unpaired) electrons. The maximum absolute atomic E-state index is 12.4. The number of nitrogens with zero attached hydrogens (tertiary/aromatic N) is 1. The highest BCUT2D eigenvalue weighted by Crippen LogP contribution is 2.22. The standard InChI is InChI=1S/C18H25N3O2/c1-6-23-16-8-7-15(9-11(16)2)10-19-18(22)12(3)17-13(4)20-21-14(17)5/h7-9,12H,6,10H2,1-5H3,(H,19,22)(H,20,21). The van der Waals surface area contributed by atoms with E-state index in [0.29, 0.717) is 13.2 Å². The number of amides is 1. The summed E-state index contributed by atoms with van der Waals surface area (Å²) >= 11 is 0. The summed E-state index contributed by atoms with van der Waals surface area (Å²) in [7, 11) is 0. The molecule has 23 heavy (non-hydrogen) atoms. The first-order valence-electron chi connectivity index (χ1n) is 7.95. The van der Waals surface area contributed by atoms with Gasteiger partial charge >= 0.3 is 0 Å². The van der Waals surface area contributed by atoms with Gasteiger partial charge < -0.3 is 10.1 Å². The lowest BCUT2D eigenvalue weighted by molar-refractivity contribution is -0.122. The topological polar surface area (TPSA) is 67.0 Å².